The van der Waals surface area contributed by atoms with Gasteiger partial charge in [-0.15, -0.1) is 0 Å². The van der Waals surface area contributed by atoms with E-state index in [0.29, 0.717) is 11.3 Å². The maximum Gasteiger partial charge on any atom is 0.377 e. The van der Waals surface area contributed by atoms with E-state index in [1.54, 1.807) is 0 Å². The maximum absolute atomic E-state index is 11.5. The van der Waals surface area contributed by atoms with Crippen molar-refractivity contribution >= 4 is 32.9 Å². The SMILES string of the molecule is COC(=O)c1oc2c(Br)cccc2c1OC. The van der Waals surface area contributed by atoms with Crippen LogP contribution in [0.3, 0.4) is 0 Å². The summed E-state index contributed by atoms with van der Waals surface area (Å²) in [6.45, 7) is 0. The van der Waals surface area contributed by atoms with Crippen LogP contribution in [0, 0.1) is 0 Å². The lowest BCUT2D eigenvalue weighted by atomic mass is 10.2. The van der Waals surface area contributed by atoms with Crippen LogP contribution in [0.5, 0.6) is 5.75 Å². The summed E-state index contributed by atoms with van der Waals surface area (Å²) in [7, 11) is 2.78. The number of fused-ring (bicyclic) bond motifs is 1. The Labute approximate surface area is 100 Å². The Hall–Kier alpha value is -1.49. The Kier molecular flexibility index (Phi) is 2.87. The number of benzene rings is 1. The molecule has 2 aromatic rings. The van der Waals surface area contributed by atoms with Gasteiger partial charge >= 0.3 is 5.97 Å². The van der Waals surface area contributed by atoms with Crippen molar-refractivity contribution in [1.29, 1.82) is 0 Å². The summed E-state index contributed by atoms with van der Waals surface area (Å²) in [4.78, 5) is 11.5. The Balaban J connectivity index is 2.76. The Bertz CT molecular complexity index is 544. The molecule has 0 bridgehead atoms. The summed E-state index contributed by atoms with van der Waals surface area (Å²) in [5, 5.41) is 0.734. The molecule has 0 saturated carbocycles. The second-order valence-electron chi connectivity index (χ2n) is 3.07. The second kappa shape index (κ2) is 4.17. The van der Waals surface area contributed by atoms with E-state index in [1.165, 1.54) is 14.2 Å². The Morgan fingerprint density at radius 1 is 1.38 bits per heavy atom. The number of carbonyl (C=O) groups excluding carboxylic acids is 1. The molecule has 1 aromatic carbocycles. The van der Waals surface area contributed by atoms with E-state index < -0.39 is 5.97 Å². The molecular weight excluding hydrogens is 276 g/mol. The number of rotatable bonds is 2. The van der Waals surface area contributed by atoms with Crippen LogP contribution in [0.1, 0.15) is 10.6 Å². The van der Waals surface area contributed by atoms with Gasteiger partial charge in [0.05, 0.1) is 24.1 Å². The lowest BCUT2D eigenvalue weighted by Crippen LogP contribution is -2.01. The number of hydrogen-bond donors (Lipinski definition) is 0. The van der Waals surface area contributed by atoms with Crippen molar-refractivity contribution in [2.75, 3.05) is 14.2 Å². The number of furan rings is 1. The molecule has 0 unspecified atom stereocenters. The van der Waals surface area contributed by atoms with Gasteiger partial charge in [0, 0.05) is 0 Å². The van der Waals surface area contributed by atoms with Crippen molar-refractivity contribution in [1.82, 2.24) is 0 Å². The number of ether oxygens (including phenoxy) is 2. The van der Waals surface area contributed by atoms with Crippen LogP contribution < -0.4 is 4.74 Å². The number of halogens is 1. The first-order valence-corrected chi connectivity index (χ1v) is 5.31. The summed E-state index contributed by atoms with van der Waals surface area (Å²) in [6.07, 6.45) is 0. The number of para-hydroxylation sites is 1. The molecule has 2 rings (SSSR count). The smallest absolute Gasteiger partial charge is 0.377 e. The van der Waals surface area contributed by atoms with Gasteiger partial charge in [0.1, 0.15) is 0 Å². The molecule has 5 heteroatoms. The number of carbonyl (C=O) groups is 1. The highest BCUT2D eigenvalue weighted by atomic mass is 79.9. The van der Waals surface area contributed by atoms with E-state index in [1.807, 2.05) is 18.2 Å². The molecule has 0 fully saturated rings. The first kappa shape index (κ1) is 11.0. The zero-order chi connectivity index (χ0) is 11.7. The van der Waals surface area contributed by atoms with Gasteiger partial charge in [0.25, 0.3) is 5.76 Å². The van der Waals surface area contributed by atoms with Crippen LogP contribution in [-0.4, -0.2) is 20.2 Å². The highest BCUT2D eigenvalue weighted by molar-refractivity contribution is 9.10. The number of esters is 1. The van der Waals surface area contributed by atoms with Gasteiger partial charge in [-0.1, -0.05) is 6.07 Å². The van der Waals surface area contributed by atoms with E-state index >= 15 is 0 Å². The number of hydrogen-bond acceptors (Lipinski definition) is 4. The molecule has 0 aliphatic carbocycles. The minimum atomic E-state index is -0.556. The zero-order valence-corrected chi connectivity index (χ0v) is 10.3. The van der Waals surface area contributed by atoms with Gasteiger partial charge in [-0.2, -0.15) is 0 Å². The zero-order valence-electron chi connectivity index (χ0n) is 8.74. The van der Waals surface area contributed by atoms with Crippen molar-refractivity contribution in [2.24, 2.45) is 0 Å². The minimum absolute atomic E-state index is 0.0758. The summed E-state index contributed by atoms with van der Waals surface area (Å²) < 4.78 is 16.0. The van der Waals surface area contributed by atoms with Gasteiger partial charge in [-0.05, 0) is 28.1 Å². The van der Waals surface area contributed by atoms with Crippen molar-refractivity contribution in [3.05, 3.63) is 28.4 Å². The molecule has 0 aliphatic rings. The molecule has 16 heavy (non-hydrogen) atoms. The first-order chi connectivity index (χ1) is 7.69. The normalized spacial score (nSPS) is 10.4. The first-order valence-electron chi connectivity index (χ1n) is 4.52. The highest BCUT2D eigenvalue weighted by Gasteiger charge is 2.22. The van der Waals surface area contributed by atoms with Crippen molar-refractivity contribution in [3.8, 4) is 5.75 Å². The van der Waals surface area contributed by atoms with Crippen LogP contribution in [-0.2, 0) is 4.74 Å². The standard InChI is InChI=1S/C11H9BrO4/c1-14-9-6-4-3-5-7(12)8(6)16-10(9)11(13)15-2/h3-5H,1-2H3. The molecular formula is C11H9BrO4. The van der Waals surface area contributed by atoms with Gasteiger partial charge in [0.15, 0.2) is 11.3 Å². The predicted octanol–water partition coefficient (Wildman–Crippen LogP) is 2.99. The lowest BCUT2D eigenvalue weighted by Gasteiger charge is -1.98. The topological polar surface area (TPSA) is 48.7 Å². The molecule has 84 valence electrons. The fourth-order valence-corrected chi connectivity index (χ4v) is 1.94. The molecule has 0 aliphatic heterocycles. The summed E-state index contributed by atoms with van der Waals surface area (Å²) in [5.41, 5.74) is 0.569. The largest absolute Gasteiger partial charge is 0.492 e. The molecule has 0 radical (unpaired) electrons. The van der Waals surface area contributed by atoms with E-state index in [4.69, 9.17) is 9.15 Å². The van der Waals surface area contributed by atoms with E-state index in [9.17, 15) is 4.79 Å². The Morgan fingerprint density at radius 3 is 2.75 bits per heavy atom. The van der Waals surface area contributed by atoms with E-state index in [-0.39, 0.29) is 5.76 Å². The molecule has 0 saturated heterocycles. The fourth-order valence-electron chi connectivity index (χ4n) is 1.49. The van der Waals surface area contributed by atoms with E-state index in [0.717, 1.165) is 9.86 Å². The van der Waals surface area contributed by atoms with E-state index in [2.05, 4.69) is 20.7 Å². The Morgan fingerprint density at radius 2 is 2.12 bits per heavy atom. The van der Waals surface area contributed by atoms with Gasteiger partial charge < -0.3 is 13.9 Å². The van der Waals surface area contributed by atoms with Crippen LogP contribution in [0.2, 0.25) is 0 Å². The number of methoxy groups -OCH3 is 2. The average molecular weight is 285 g/mol. The molecule has 1 aromatic heterocycles. The predicted molar refractivity (Wildman–Crippen MR) is 61.8 cm³/mol. The molecule has 4 nitrogen and oxygen atoms in total. The molecule has 0 spiro atoms. The minimum Gasteiger partial charge on any atom is -0.492 e. The van der Waals surface area contributed by atoms with Crippen molar-refractivity contribution < 1.29 is 18.7 Å². The summed E-state index contributed by atoms with van der Waals surface area (Å²) >= 11 is 3.34. The second-order valence-corrected chi connectivity index (χ2v) is 3.93. The maximum atomic E-state index is 11.5. The third kappa shape index (κ3) is 1.57. The van der Waals surface area contributed by atoms with Crippen molar-refractivity contribution in [2.45, 2.75) is 0 Å². The van der Waals surface area contributed by atoms with Crippen LogP contribution >= 0.6 is 15.9 Å². The average Bonchev–Trinajstić information content (AvgIpc) is 2.68. The van der Waals surface area contributed by atoms with Crippen LogP contribution in [0.25, 0.3) is 11.0 Å². The van der Waals surface area contributed by atoms with Crippen molar-refractivity contribution in [3.63, 3.8) is 0 Å². The molecule has 0 amide bonds. The molecule has 1 heterocycles. The summed E-state index contributed by atoms with van der Waals surface area (Å²) in [6, 6.07) is 5.48. The van der Waals surface area contributed by atoms with Crippen LogP contribution in [0.15, 0.2) is 27.1 Å². The monoisotopic (exact) mass is 284 g/mol. The van der Waals surface area contributed by atoms with Gasteiger partial charge in [-0.25, -0.2) is 4.79 Å². The fraction of sp³-hybridized carbons (Fsp3) is 0.182. The molecule has 0 atom stereocenters. The van der Waals surface area contributed by atoms with Gasteiger partial charge in [-0.3, -0.25) is 0 Å². The van der Waals surface area contributed by atoms with Crippen LogP contribution in [0.4, 0.5) is 0 Å². The summed E-state index contributed by atoms with van der Waals surface area (Å²) in [5.74, 6) is -0.0880. The third-order valence-corrected chi connectivity index (χ3v) is 2.82. The molecule has 0 N–H and O–H groups in total. The quantitative estimate of drug-likeness (QED) is 0.796. The third-order valence-electron chi connectivity index (χ3n) is 2.20. The lowest BCUT2D eigenvalue weighted by molar-refractivity contribution is 0.0562. The van der Waals surface area contributed by atoms with Gasteiger partial charge in [0.2, 0.25) is 0 Å². The highest BCUT2D eigenvalue weighted by Crippen LogP contribution is 2.36.